The van der Waals surface area contributed by atoms with E-state index in [0.717, 1.165) is 18.2 Å². The Morgan fingerprint density at radius 1 is 0.860 bits per heavy atom. The van der Waals surface area contributed by atoms with Crippen LogP contribution in [0.1, 0.15) is 36.7 Å². The van der Waals surface area contributed by atoms with Crippen LogP contribution in [0.3, 0.4) is 0 Å². The van der Waals surface area contributed by atoms with E-state index in [1.54, 1.807) is 31.2 Å². The second kappa shape index (κ2) is 12.5. The standard InChI is InChI=1S/C31H28F2N2O6S2/c1-19-18-20(34-30(37)35-29(36)28-25(32)6-5-7-26(28)33)8-17-27(19)41-21-9-13-23(14-10-21)43(39,40)24-15-11-22(12-16-24)42(38)31(2,3)4/h5-18H,1-4H3,(H2,34,35,36,37). The molecule has 0 aliphatic rings. The third-order valence-corrected chi connectivity index (χ3v) is 9.71. The molecular formula is C31H28F2N2O6S2. The first kappa shape index (κ1) is 31.7. The Kier molecular flexibility index (Phi) is 9.24. The highest BCUT2D eigenvalue weighted by molar-refractivity contribution is 7.93. The van der Waals surface area contributed by atoms with Crippen LogP contribution in [0.15, 0.2) is 99.6 Å². The van der Waals surface area contributed by atoms with Gasteiger partial charge in [-0.2, -0.15) is 0 Å². The van der Waals surface area contributed by atoms with Crippen molar-refractivity contribution in [2.75, 3.05) is 5.32 Å². The van der Waals surface area contributed by atoms with E-state index < -0.39 is 54.9 Å². The molecule has 0 saturated carbocycles. The number of nitrogens with one attached hydrogen (secondary N) is 2. The number of carbonyl (C=O) groups excluding carboxylic acids is 2. The van der Waals surface area contributed by atoms with E-state index in [2.05, 4.69) is 5.32 Å². The van der Waals surface area contributed by atoms with Gasteiger partial charge in [0.15, 0.2) is 4.90 Å². The summed E-state index contributed by atoms with van der Waals surface area (Å²) in [6.07, 6.45) is 0. The summed E-state index contributed by atoms with van der Waals surface area (Å²) in [6, 6.07) is 18.3. The molecule has 0 radical (unpaired) electrons. The quantitative estimate of drug-likeness (QED) is 0.218. The number of aryl methyl sites for hydroxylation is 1. The number of sulfone groups is 1. The summed E-state index contributed by atoms with van der Waals surface area (Å²) in [5.41, 5.74) is -0.000235. The van der Waals surface area contributed by atoms with E-state index in [-0.39, 0.29) is 15.5 Å². The van der Waals surface area contributed by atoms with E-state index in [1.165, 1.54) is 42.5 Å². The number of benzene rings is 4. The number of urea groups is 1. The van der Waals surface area contributed by atoms with E-state index in [1.807, 2.05) is 26.1 Å². The Morgan fingerprint density at radius 2 is 1.42 bits per heavy atom. The molecular weight excluding hydrogens is 598 g/mol. The van der Waals surface area contributed by atoms with Crippen molar-refractivity contribution in [2.45, 2.75) is 47.1 Å². The zero-order chi connectivity index (χ0) is 31.5. The minimum Gasteiger partial charge on any atom is -0.611 e. The van der Waals surface area contributed by atoms with Gasteiger partial charge in [-0.05, 0) is 123 Å². The van der Waals surface area contributed by atoms with Gasteiger partial charge in [0.25, 0.3) is 5.91 Å². The molecule has 224 valence electrons. The maximum Gasteiger partial charge on any atom is 0.326 e. The van der Waals surface area contributed by atoms with Crippen LogP contribution in [0.25, 0.3) is 0 Å². The molecule has 8 nitrogen and oxygen atoms in total. The first-order valence-electron chi connectivity index (χ1n) is 12.9. The predicted octanol–water partition coefficient (Wildman–Crippen LogP) is 6.77. The average Bonchev–Trinajstić information content (AvgIpc) is 2.94. The topological polar surface area (TPSA) is 125 Å². The van der Waals surface area contributed by atoms with Crippen molar-refractivity contribution in [3.05, 3.63) is 108 Å². The SMILES string of the molecule is Cc1cc(NC(=O)NC(=O)c2c(F)cccc2F)ccc1Oc1ccc(S(=O)(=O)c2ccc([S+]([O-])C(C)(C)C)cc2)cc1. The zero-order valence-electron chi connectivity index (χ0n) is 23.6. The third kappa shape index (κ3) is 7.39. The Bertz CT molecular complexity index is 1750. The molecule has 12 heteroatoms. The summed E-state index contributed by atoms with van der Waals surface area (Å²) in [6.45, 7) is 7.23. The molecule has 0 aliphatic carbocycles. The molecule has 1 unspecified atom stereocenters. The number of amides is 3. The second-order valence-electron chi connectivity index (χ2n) is 10.4. The minimum atomic E-state index is -3.83. The lowest BCUT2D eigenvalue weighted by Gasteiger charge is -2.23. The minimum absolute atomic E-state index is 0.0524. The maximum atomic E-state index is 13.8. The summed E-state index contributed by atoms with van der Waals surface area (Å²) >= 11 is -1.29. The second-order valence-corrected chi connectivity index (χ2v) is 14.6. The lowest BCUT2D eigenvalue weighted by atomic mass is 10.2. The number of anilines is 1. The van der Waals surface area contributed by atoms with Crippen LogP contribution < -0.4 is 15.4 Å². The highest BCUT2D eigenvalue weighted by atomic mass is 32.2. The summed E-state index contributed by atoms with van der Waals surface area (Å²) < 4.78 is 71.8. The highest BCUT2D eigenvalue weighted by Gasteiger charge is 2.28. The lowest BCUT2D eigenvalue weighted by Crippen LogP contribution is -2.35. The fourth-order valence-electron chi connectivity index (χ4n) is 3.93. The van der Waals surface area contributed by atoms with E-state index in [9.17, 15) is 31.3 Å². The number of hydrogen-bond donors (Lipinski definition) is 2. The largest absolute Gasteiger partial charge is 0.611 e. The fourth-order valence-corrected chi connectivity index (χ4v) is 6.28. The molecule has 0 spiro atoms. The monoisotopic (exact) mass is 626 g/mol. The Hall–Kier alpha value is -4.26. The van der Waals surface area contributed by atoms with Crippen molar-refractivity contribution in [1.29, 1.82) is 0 Å². The Morgan fingerprint density at radius 3 is 1.95 bits per heavy atom. The van der Waals surface area contributed by atoms with Crippen molar-refractivity contribution in [2.24, 2.45) is 0 Å². The zero-order valence-corrected chi connectivity index (χ0v) is 25.2. The van der Waals surface area contributed by atoms with Gasteiger partial charge in [0.05, 0.1) is 9.79 Å². The van der Waals surface area contributed by atoms with Crippen molar-refractivity contribution in [1.82, 2.24) is 5.32 Å². The van der Waals surface area contributed by atoms with Crippen molar-refractivity contribution in [3.8, 4) is 11.5 Å². The molecule has 4 aromatic carbocycles. The van der Waals surface area contributed by atoms with Gasteiger partial charge in [-0.3, -0.25) is 10.1 Å². The van der Waals surface area contributed by atoms with Gasteiger partial charge >= 0.3 is 6.03 Å². The number of rotatable bonds is 7. The summed E-state index contributed by atoms with van der Waals surface area (Å²) in [7, 11) is -3.83. The summed E-state index contributed by atoms with van der Waals surface area (Å²) in [5, 5.41) is 4.29. The molecule has 0 bridgehead atoms. The van der Waals surface area contributed by atoms with Crippen LogP contribution in [0, 0.1) is 18.6 Å². The van der Waals surface area contributed by atoms with Gasteiger partial charge in [-0.15, -0.1) is 0 Å². The number of halogens is 2. The van der Waals surface area contributed by atoms with Gasteiger partial charge in [-0.1, -0.05) is 6.07 Å². The van der Waals surface area contributed by atoms with Gasteiger partial charge in [0.1, 0.15) is 33.4 Å². The van der Waals surface area contributed by atoms with Crippen LogP contribution in [-0.4, -0.2) is 29.7 Å². The first-order chi connectivity index (χ1) is 20.2. The van der Waals surface area contributed by atoms with Gasteiger partial charge < -0.3 is 14.6 Å². The van der Waals surface area contributed by atoms with Crippen molar-refractivity contribution < 1.29 is 36.1 Å². The van der Waals surface area contributed by atoms with Crippen LogP contribution in [0.4, 0.5) is 19.3 Å². The smallest absolute Gasteiger partial charge is 0.326 e. The Balaban J connectivity index is 1.40. The normalized spacial score (nSPS) is 12.3. The number of imide groups is 1. The molecule has 1 atom stereocenters. The van der Waals surface area contributed by atoms with E-state index in [0.29, 0.717) is 22.0 Å². The van der Waals surface area contributed by atoms with Gasteiger partial charge in [0.2, 0.25) is 9.84 Å². The first-order valence-corrected chi connectivity index (χ1v) is 15.5. The van der Waals surface area contributed by atoms with Crippen molar-refractivity contribution >= 4 is 38.6 Å². The van der Waals surface area contributed by atoms with E-state index in [4.69, 9.17) is 4.74 Å². The van der Waals surface area contributed by atoms with Crippen LogP contribution in [-0.2, 0) is 21.0 Å². The predicted molar refractivity (Wildman–Crippen MR) is 159 cm³/mol. The molecule has 3 amide bonds. The number of hydrogen-bond acceptors (Lipinski definition) is 6. The number of ether oxygens (including phenoxy) is 1. The molecule has 0 saturated heterocycles. The average molecular weight is 627 g/mol. The van der Waals surface area contributed by atoms with Crippen LogP contribution in [0.2, 0.25) is 0 Å². The molecule has 4 aromatic rings. The van der Waals surface area contributed by atoms with Crippen molar-refractivity contribution in [3.63, 3.8) is 0 Å². The third-order valence-electron chi connectivity index (χ3n) is 6.12. The summed E-state index contributed by atoms with van der Waals surface area (Å²) in [5.74, 6) is -2.67. The lowest BCUT2D eigenvalue weighted by molar-refractivity contribution is 0.0959. The highest BCUT2D eigenvalue weighted by Crippen LogP contribution is 2.31. The molecule has 43 heavy (non-hydrogen) atoms. The van der Waals surface area contributed by atoms with Crippen LogP contribution >= 0.6 is 0 Å². The molecule has 0 aromatic heterocycles. The molecule has 2 N–H and O–H groups in total. The van der Waals surface area contributed by atoms with E-state index >= 15 is 0 Å². The van der Waals surface area contributed by atoms with Crippen LogP contribution in [0.5, 0.6) is 11.5 Å². The van der Waals surface area contributed by atoms with Gasteiger partial charge in [0, 0.05) is 5.69 Å². The molecule has 0 heterocycles. The summed E-state index contributed by atoms with van der Waals surface area (Å²) in [4.78, 5) is 25.0. The number of carbonyl (C=O) groups is 2. The molecule has 0 aliphatic heterocycles. The maximum absolute atomic E-state index is 13.8. The Labute approximate surface area is 251 Å². The van der Waals surface area contributed by atoms with Gasteiger partial charge in [-0.25, -0.2) is 22.0 Å². The molecule has 4 rings (SSSR count). The fraction of sp³-hybridized carbons (Fsp3) is 0.161. The molecule has 0 fully saturated rings.